The minimum atomic E-state index is -3.95. The molecule has 6 nitrogen and oxygen atoms in total. The SMILES string of the molecule is COc1cccc(NS(=O)(=O)c2ccsc2C(=O)O)c1. The van der Waals surface area contributed by atoms with Gasteiger partial charge in [0.2, 0.25) is 0 Å². The van der Waals surface area contributed by atoms with Crippen LogP contribution >= 0.6 is 11.3 Å². The van der Waals surface area contributed by atoms with Gasteiger partial charge in [0.15, 0.2) is 0 Å². The summed E-state index contributed by atoms with van der Waals surface area (Å²) in [6.45, 7) is 0. The molecule has 1 aromatic carbocycles. The molecule has 0 aliphatic carbocycles. The zero-order chi connectivity index (χ0) is 14.8. The van der Waals surface area contributed by atoms with Crippen molar-refractivity contribution in [1.82, 2.24) is 0 Å². The predicted molar refractivity (Wildman–Crippen MR) is 75.1 cm³/mol. The Balaban J connectivity index is 2.35. The lowest BCUT2D eigenvalue weighted by Gasteiger charge is -2.08. The van der Waals surface area contributed by atoms with Gasteiger partial charge < -0.3 is 9.84 Å². The number of carbonyl (C=O) groups is 1. The molecule has 0 saturated heterocycles. The number of thiophene rings is 1. The molecule has 0 fully saturated rings. The number of benzene rings is 1. The van der Waals surface area contributed by atoms with E-state index in [0.717, 1.165) is 11.3 Å². The van der Waals surface area contributed by atoms with E-state index in [2.05, 4.69) is 4.72 Å². The molecule has 0 unspecified atom stereocenters. The van der Waals surface area contributed by atoms with Crippen LogP contribution in [0.2, 0.25) is 0 Å². The standard InChI is InChI=1S/C12H11NO5S2/c1-18-9-4-2-3-8(7-9)13-20(16,17)10-5-6-19-11(10)12(14)15/h2-7,13H,1H3,(H,14,15). The fourth-order valence-corrected chi connectivity index (χ4v) is 3.87. The number of hydrogen-bond acceptors (Lipinski definition) is 5. The van der Waals surface area contributed by atoms with Crippen molar-refractivity contribution in [3.05, 3.63) is 40.6 Å². The van der Waals surface area contributed by atoms with Crippen LogP contribution in [0.1, 0.15) is 9.67 Å². The monoisotopic (exact) mass is 313 g/mol. The quantitative estimate of drug-likeness (QED) is 0.883. The Bertz CT molecular complexity index is 736. The third-order valence-corrected chi connectivity index (χ3v) is 4.89. The molecule has 2 N–H and O–H groups in total. The normalized spacial score (nSPS) is 11.1. The number of nitrogens with one attached hydrogen (secondary N) is 1. The van der Waals surface area contributed by atoms with Crippen LogP contribution in [0.15, 0.2) is 40.6 Å². The number of aromatic carboxylic acids is 1. The molecule has 0 saturated carbocycles. The fourth-order valence-electron chi connectivity index (χ4n) is 1.56. The lowest BCUT2D eigenvalue weighted by atomic mass is 10.3. The van der Waals surface area contributed by atoms with E-state index in [0.29, 0.717) is 11.4 Å². The van der Waals surface area contributed by atoms with Gasteiger partial charge in [-0.3, -0.25) is 4.72 Å². The second-order valence-electron chi connectivity index (χ2n) is 3.76. The topological polar surface area (TPSA) is 92.7 Å². The molecular weight excluding hydrogens is 302 g/mol. The Kier molecular flexibility index (Phi) is 3.96. The highest BCUT2D eigenvalue weighted by molar-refractivity contribution is 7.93. The summed E-state index contributed by atoms with van der Waals surface area (Å²) in [4.78, 5) is 10.5. The molecule has 0 atom stereocenters. The van der Waals surface area contributed by atoms with Gasteiger partial charge in [0.1, 0.15) is 15.5 Å². The number of anilines is 1. The van der Waals surface area contributed by atoms with Crippen molar-refractivity contribution in [2.75, 3.05) is 11.8 Å². The van der Waals surface area contributed by atoms with Crippen LogP contribution in [-0.2, 0) is 10.0 Å². The molecule has 0 aliphatic heterocycles. The summed E-state index contributed by atoms with van der Waals surface area (Å²) < 4.78 is 31.7. The summed E-state index contributed by atoms with van der Waals surface area (Å²) in [5, 5.41) is 10.4. The number of rotatable bonds is 5. The highest BCUT2D eigenvalue weighted by Crippen LogP contribution is 2.25. The molecule has 0 spiro atoms. The molecule has 20 heavy (non-hydrogen) atoms. The summed E-state index contributed by atoms with van der Waals surface area (Å²) in [5.41, 5.74) is 0.298. The van der Waals surface area contributed by atoms with E-state index in [1.807, 2.05) is 0 Å². The average molecular weight is 313 g/mol. The molecule has 2 aromatic rings. The van der Waals surface area contributed by atoms with Gasteiger partial charge in [0.25, 0.3) is 10.0 Å². The minimum Gasteiger partial charge on any atom is -0.497 e. The van der Waals surface area contributed by atoms with Crippen LogP contribution in [0, 0.1) is 0 Å². The Morgan fingerprint density at radius 1 is 1.35 bits per heavy atom. The number of hydrogen-bond donors (Lipinski definition) is 2. The van der Waals surface area contributed by atoms with Crippen molar-refractivity contribution >= 4 is 33.0 Å². The molecule has 8 heteroatoms. The van der Waals surface area contributed by atoms with Crippen LogP contribution in [-0.4, -0.2) is 26.6 Å². The lowest BCUT2D eigenvalue weighted by Crippen LogP contribution is -2.15. The largest absolute Gasteiger partial charge is 0.497 e. The first kappa shape index (κ1) is 14.4. The number of carboxylic acid groups (broad SMARTS) is 1. The van der Waals surface area contributed by atoms with Crippen molar-refractivity contribution in [3.8, 4) is 5.75 Å². The van der Waals surface area contributed by atoms with Gasteiger partial charge in [-0.25, -0.2) is 13.2 Å². The van der Waals surface area contributed by atoms with E-state index in [1.54, 1.807) is 18.2 Å². The number of methoxy groups -OCH3 is 1. The van der Waals surface area contributed by atoms with Crippen molar-refractivity contribution in [2.24, 2.45) is 0 Å². The summed E-state index contributed by atoms with van der Waals surface area (Å²) in [7, 11) is -2.48. The molecule has 106 valence electrons. The van der Waals surface area contributed by atoms with E-state index in [9.17, 15) is 13.2 Å². The van der Waals surface area contributed by atoms with Crippen LogP contribution in [0.4, 0.5) is 5.69 Å². The fraction of sp³-hybridized carbons (Fsp3) is 0.0833. The first-order chi connectivity index (χ1) is 9.44. The highest BCUT2D eigenvalue weighted by Gasteiger charge is 2.23. The van der Waals surface area contributed by atoms with Gasteiger partial charge in [-0.2, -0.15) is 0 Å². The number of ether oxygens (including phenoxy) is 1. The van der Waals surface area contributed by atoms with E-state index in [4.69, 9.17) is 9.84 Å². The summed E-state index contributed by atoms with van der Waals surface area (Å²) in [6, 6.07) is 7.61. The van der Waals surface area contributed by atoms with Gasteiger partial charge in [-0.15, -0.1) is 11.3 Å². The molecule has 0 bridgehead atoms. The molecule has 0 amide bonds. The van der Waals surface area contributed by atoms with Gasteiger partial charge in [-0.1, -0.05) is 6.07 Å². The Morgan fingerprint density at radius 2 is 2.10 bits per heavy atom. The van der Waals surface area contributed by atoms with E-state index in [-0.39, 0.29) is 9.77 Å². The zero-order valence-electron chi connectivity index (χ0n) is 10.4. The van der Waals surface area contributed by atoms with E-state index in [1.165, 1.54) is 24.6 Å². The van der Waals surface area contributed by atoms with E-state index < -0.39 is 16.0 Å². The summed E-state index contributed by atoms with van der Waals surface area (Å²) in [5.74, 6) is -0.778. The maximum absolute atomic E-state index is 12.2. The molecule has 1 heterocycles. The number of sulfonamides is 1. The van der Waals surface area contributed by atoms with Crippen molar-refractivity contribution < 1.29 is 23.1 Å². The minimum absolute atomic E-state index is 0.222. The smallest absolute Gasteiger partial charge is 0.347 e. The first-order valence-electron chi connectivity index (χ1n) is 5.41. The van der Waals surface area contributed by atoms with Gasteiger partial charge >= 0.3 is 5.97 Å². The van der Waals surface area contributed by atoms with Crippen molar-refractivity contribution in [3.63, 3.8) is 0 Å². The van der Waals surface area contributed by atoms with Crippen molar-refractivity contribution in [1.29, 1.82) is 0 Å². The second kappa shape index (κ2) is 5.51. The second-order valence-corrected chi connectivity index (χ2v) is 6.32. The van der Waals surface area contributed by atoms with Crippen molar-refractivity contribution in [2.45, 2.75) is 4.90 Å². The third kappa shape index (κ3) is 2.91. The van der Waals surface area contributed by atoms with Crippen LogP contribution < -0.4 is 9.46 Å². The Morgan fingerprint density at radius 3 is 2.75 bits per heavy atom. The van der Waals surface area contributed by atoms with Gasteiger partial charge in [0.05, 0.1) is 12.8 Å². The third-order valence-electron chi connectivity index (χ3n) is 2.43. The predicted octanol–water partition coefficient (Wildman–Crippen LogP) is 2.26. The number of carboxylic acids is 1. The Hall–Kier alpha value is -2.06. The summed E-state index contributed by atoms with van der Waals surface area (Å²) in [6.07, 6.45) is 0. The molecule has 0 aliphatic rings. The van der Waals surface area contributed by atoms with Gasteiger partial charge in [-0.05, 0) is 23.6 Å². The van der Waals surface area contributed by atoms with Crippen LogP contribution in [0.25, 0.3) is 0 Å². The van der Waals surface area contributed by atoms with Crippen LogP contribution in [0.3, 0.4) is 0 Å². The summed E-state index contributed by atoms with van der Waals surface area (Å²) >= 11 is 0.859. The Labute approximate surface area is 119 Å². The van der Waals surface area contributed by atoms with Crippen LogP contribution in [0.5, 0.6) is 5.75 Å². The molecular formula is C12H11NO5S2. The maximum Gasteiger partial charge on any atom is 0.347 e. The maximum atomic E-state index is 12.2. The zero-order valence-corrected chi connectivity index (χ0v) is 12.0. The average Bonchev–Trinajstić information content (AvgIpc) is 2.88. The van der Waals surface area contributed by atoms with Gasteiger partial charge in [0, 0.05) is 6.07 Å². The first-order valence-corrected chi connectivity index (χ1v) is 7.78. The lowest BCUT2D eigenvalue weighted by molar-refractivity contribution is 0.0698. The molecule has 2 rings (SSSR count). The molecule has 0 radical (unpaired) electrons. The molecule has 1 aromatic heterocycles. The highest BCUT2D eigenvalue weighted by atomic mass is 32.2. The van der Waals surface area contributed by atoms with E-state index >= 15 is 0 Å².